The van der Waals surface area contributed by atoms with E-state index in [0.29, 0.717) is 10.8 Å². The van der Waals surface area contributed by atoms with Crippen LogP contribution in [0.1, 0.15) is 28.5 Å². The second-order valence-corrected chi connectivity index (χ2v) is 7.12. The molecule has 0 saturated carbocycles. The van der Waals surface area contributed by atoms with Gasteiger partial charge >= 0.3 is 0 Å². The van der Waals surface area contributed by atoms with E-state index < -0.39 is 0 Å². The third-order valence-corrected chi connectivity index (χ3v) is 5.67. The first-order valence-corrected chi connectivity index (χ1v) is 8.98. The van der Waals surface area contributed by atoms with Crippen molar-refractivity contribution >= 4 is 38.2 Å². The molecule has 6 nitrogen and oxygen atoms in total. The van der Waals surface area contributed by atoms with Gasteiger partial charge in [-0.05, 0) is 25.1 Å². The van der Waals surface area contributed by atoms with Crippen LogP contribution in [0.25, 0.3) is 21.0 Å². The lowest BCUT2D eigenvalue weighted by Gasteiger charge is -2.23. The smallest absolute Gasteiger partial charge is 0.275 e. The van der Waals surface area contributed by atoms with Crippen molar-refractivity contribution in [3.63, 3.8) is 0 Å². The summed E-state index contributed by atoms with van der Waals surface area (Å²) in [6, 6.07) is 14.7. The zero-order chi connectivity index (χ0) is 18.3. The number of aromatic nitrogens is 3. The number of carbonyl (C=O) groups is 1. The summed E-state index contributed by atoms with van der Waals surface area (Å²) in [4.78, 5) is 31.2. The van der Waals surface area contributed by atoms with E-state index in [2.05, 4.69) is 15.2 Å². The Kier molecular flexibility index (Phi) is 4.00. The lowest BCUT2D eigenvalue weighted by molar-refractivity contribution is 0.0737. The summed E-state index contributed by atoms with van der Waals surface area (Å²) in [7, 11) is 1.72. The Hall–Kier alpha value is -3.06. The van der Waals surface area contributed by atoms with Crippen LogP contribution in [-0.2, 0) is 0 Å². The first-order chi connectivity index (χ1) is 12.6. The normalized spacial score (nSPS) is 12.4. The Bertz CT molecular complexity index is 1150. The molecular weight excluding hydrogens is 348 g/mol. The lowest BCUT2D eigenvalue weighted by atomic mass is 10.1. The van der Waals surface area contributed by atoms with E-state index in [-0.39, 0.29) is 23.2 Å². The summed E-state index contributed by atoms with van der Waals surface area (Å²) >= 11 is 1.57. The summed E-state index contributed by atoms with van der Waals surface area (Å²) < 4.78 is 1.09. The molecule has 7 heteroatoms. The van der Waals surface area contributed by atoms with Crippen molar-refractivity contribution in [3.8, 4) is 0 Å². The highest BCUT2D eigenvalue weighted by atomic mass is 32.1. The zero-order valence-corrected chi connectivity index (χ0v) is 15.1. The molecule has 1 N–H and O–H groups in total. The van der Waals surface area contributed by atoms with Crippen molar-refractivity contribution in [2.45, 2.75) is 13.0 Å². The van der Waals surface area contributed by atoms with Gasteiger partial charge < -0.3 is 4.90 Å². The van der Waals surface area contributed by atoms with E-state index in [1.807, 2.05) is 31.2 Å². The van der Waals surface area contributed by atoms with E-state index in [1.165, 1.54) is 0 Å². The fourth-order valence-electron chi connectivity index (χ4n) is 2.86. The maximum atomic E-state index is 13.0. The molecule has 0 unspecified atom stereocenters. The Balaban J connectivity index is 1.72. The SMILES string of the molecule is C[C@@H](c1nc2ccccc2s1)N(C)C(=O)c1n[nH]c(=O)c2ccccc12. The molecule has 0 spiro atoms. The molecular formula is C19H16N4O2S. The van der Waals surface area contributed by atoms with Crippen LogP contribution in [0, 0.1) is 0 Å². The van der Waals surface area contributed by atoms with Crippen molar-refractivity contribution in [1.29, 1.82) is 0 Å². The molecule has 0 fully saturated rings. The largest absolute Gasteiger partial charge is 0.331 e. The van der Waals surface area contributed by atoms with Gasteiger partial charge in [0.05, 0.1) is 21.6 Å². The standard InChI is InChI=1S/C19H16N4O2S/c1-11(18-20-14-9-5-6-10-15(14)26-18)23(2)19(25)16-12-7-3-4-8-13(12)17(24)22-21-16/h3-11H,1-2H3,(H,22,24)/t11-/m0/s1. The third kappa shape index (κ3) is 2.66. The summed E-state index contributed by atoms with van der Waals surface area (Å²) in [5.74, 6) is -0.260. The molecule has 2 aromatic carbocycles. The van der Waals surface area contributed by atoms with Crippen LogP contribution in [0.5, 0.6) is 0 Å². The highest BCUT2D eigenvalue weighted by molar-refractivity contribution is 7.18. The van der Waals surface area contributed by atoms with Crippen molar-refractivity contribution in [2.24, 2.45) is 0 Å². The monoisotopic (exact) mass is 364 g/mol. The van der Waals surface area contributed by atoms with Crippen LogP contribution >= 0.6 is 11.3 Å². The molecule has 0 saturated heterocycles. The number of amides is 1. The quantitative estimate of drug-likeness (QED) is 0.604. The minimum atomic E-state index is -0.306. The topological polar surface area (TPSA) is 79.0 Å². The number of para-hydroxylation sites is 1. The van der Waals surface area contributed by atoms with Gasteiger partial charge in [0, 0.05) is 12.4 Å². The van der Waals surface area contributed by atoms with Crippen LogP contribution in [-0.4, -0.2) is 33.0 Å². The van der Waals surface area contributed by atoms with Gasteiger partial charge in [-0.3, -0.25) is 9.59 Å². The lowest BCUT2D eigenvalue weighted by Crippen LogP contribution is -2.31. The second-order valence-electron chi connectivity index (χ2n) is 6.06. The van der Waals surface area contributed by atoms with Gasteiger partial charge in [-0.1, -0.05) is 30.3 Å². The number of H-pyrrole nitrogens is 1. The minimum Gasteiger partial charge on any atom is -0.331 e. The molecule has 4 aromatic rings. The number of fused-ring (bicyclic) bond motifs is 2. The number of thiazole rings is 1. The average Bonchev–Trinajstić information content (AvgIpc) is 3.11. The second kappa shape index (κ2) is 6.34. The molecule has 2 aromatic heterocycles. The van der Waals surface area contributed by atoms with Gasteiger partial charge in [0.15, 0.2) is 5.69 Å². The van der Waals surface area contributed by atoms with Crippen molar-refractivity contribution in [1.82, 2.24) is 20.1 Å². The van der Waals surface area contributed by atoms with Crippen molar-refractivity contribution < 1.29 is 4.79 Å². The number of hydrogen-bond acceptors (Lipinski definition) is 5. The predicted molar refractivity (Wildman–Crippen MR) is 102 cm³/mol. The maximum Gasteiger partial charge on any atom is 0.275 e. The molecule has 0 bridgehead atoms. The highest BCUT2D eigenvalue weighted by Gasteiger charge is 2.24. The molecule has 1 atom stereocenters. The van der Waals surface area contributed by atoms with E-state index in [0.717, 1.165) is 15.2 Å². The van der Waals surface area contributed by atoms with Gasteiger partial charge in [-0.25, -0.2) is 10.1 Å². The molecule has 130 valence electrons. The van der Waals surface area contributed by atoms with Gasteiger partial charge in [-0.15, -0.1) is 11.3 Å². The summed E-state index contributed by atoms with van der Waals surface area (Å²) in [6.07, 6.45) is 0. The third-order valence-electron chi connectivity index (χ3n) is 4.47. The van der Waals surface area contributed by atoms with Crippen LogP contribution in [0.15, 0.2) is 53.3 Å². The molecule has 0 aliphatic rings. The van der Waals surface area contributed by atoms with Gasteiger partial charge in [0.1, 0.15) is 5.01 Å². The number of hydrogen-bond donors (Lipinski definition) is 1. The fourth-order valence-corrected chi connectivity index (χ4v) is 3.92. The first-order valence-electron chi connectivity index (χ1n) is 8.16. The molecule has 0 aliphatic heterocycles. The van der Waals surface area contributed by atoms with Gasteiger partial charge in [0.25, 0.3) is 11.5 Å². The van der Waals surface area contributed by atoms with Crippen LogP contribution in [0.3, 0.4) is 0 Å². The molecule has 4 rings (SSSR count). The van der Waals surface area contributed by atoms with Crippen LogP contribution in [0.2, 0.25) is 0 Å². The number of nitrogens with one attached hydrogen (secondary N) is 1. The molecule has 26 heavy (non-hydrogen) atoms. The Labute approximate surface area is 153 Å². The summed E-state index contributed by atoms with van der Waals surface area (Å²) in [6.45, 7) is 1.93. The molecule has 2 heterocycles. The van der Waals surface area contributed by atoms with E-state index in [4.69, 9.17) is 0 Å². The molecule has 0 radical (unpaired) electrons. The number of nitrogens with zero attached hydrogens (tertiary/aromatic N) is 3. The minimum absolute atomic E-state index is 0.215. The number of carbonyl (C=O) groups excluding carboxylic acids is 1. The van der Waals surface area contributed by atoms with Crippen molar-refractivity contribution in [3.05, 3.63) is 69.6 Å². The van der Waals surface area contributed by atoms with E-state index in [1.54, 1.807) is 47.5 Å². The first kappa shape index (κ1) is 16.4. The highest BCUT2D eigenvalue weighted by Crippen LogP contribution is 2.29. The average molecular weight is 364 g/mol. The maximum absolute atomic E-state index is 13.0. The van der Waals surface area contributed by atoms with Gasteiger partial charge in [-0.2, -0.15) is 5.10 Å². The summed E-state index contributed by atoms with van der Waals surface area (Å²) in [5, 5.41) is 8.27. The molecule has 1 amide bonds. The zero-order valence-electron chi connectivity index (χ0n) is 14.3. The Morgan fingerprint density at radius 1 is 1.12 bits per heavy atom. The predicted octanol–water partition coefficient (Wildman–Crippen LogP) is 3.37. The Morgan fingerprint density at radius 2 is 1.81 bits per heavy atom. The summed E-state index contributed by atoms with van der Waals surface area (Å²) in [5.41, 5.74) is 0.850. The van der Waals surface area contributed by atoms with E-state index in [9.17, 15) is 9.59 Å². The number of benzene rings is 2. The van der Waals surface area contributed by atoms with E-state index >= 15 is 0 Å². The fraction of sp³-hybridized carbons (Fsp3) is 0.158. The van der Waals surface area contributed by atoms with Crippen LogP contribution < -0.4 is 5.56 Å². The van der Waals surface area contributed by atoms with Crippen LogP contribution in [0.4, 0.5) is 0 Å². The van der Waals surface area contributed by atoms with Crippen molar-refractivity contribution in [2.75, 3.05) is 7.05 Å². The van der Waals surface area contributed by atoms with Gasteiger partial charge in [0.2, 0.25) is 0 Å². The number of aromatic amines is 1. The Morgan fingerprint density at radius 3 is 2.58 bits per heavy atom. The number of rotatable bonds is 3. The molecule has 0 aliphatic carbocycles.